The Labute approximate surface area is 56.2 Å². The minimum absolute atomic E-state index is 0.171. The Hall–Kier alpha value is -0.370. The van der Waals surface area contributed by atoms with Crippen molar-refractivity contribution >= 4 is 5.78 Å². The van der Waals surface area contributed by atoms with Crippen LogP contribution < -0.4 is 0 Å². The summed E-state index contributed by atoms with van der Waals surface area (Å²) in [6, 6.07) is 0. The largest absolute Gasteiger partial charge is 0.384 e. The number of methoxy groups -OCH3 is 1. The number of carbonyl (C=O) groups is 1. The van der Waals surface area contributed by atoms with Crippen LogP contribution in [0, 0.1) is 5.41 Å². The van der Waals surface area contributed by atoms with Crippen molar-refractivity contribution in [1.82, 2.24) is 0 Å². The highest BCUT2D eigenvalue weighted by Crippen LogP contribution is 2.15. The van der Waals surface area contributed by atoms with Crippen LogP contribution >= 0.6 is 0 Å². The quantitative estimate of drug-likeness (QED) is 0.574. The van der Waals surface area contributed by atoms with E-state index in [2.05, 4.69) is 0 Å². The number of rotatable bonds is 3. The van der Waals surface area contributed by atoms with E-state index in [1.807, 2.05) is 13.8 Å². The summed E-state index contributed by atoms with van der Waals surface area (Å²) < 4.78 is 4.85. The zero-order valence-corrected chi connectivity index (χ0v) is 6.52. The molecule has 0 bridgehead atoms. The molecule has 54 valence electrons. The Morgan fingerprint density at radius 2 is 2.00 bits per heavy atom. The van der Waals surface area contributed by atoms with Crippen LogP contribution in [0.25, 0.3) is 0 Å². The second kappa shape index (κ2) is 2.97. The van der Waals surface area contributed by atoms with Crippen molar-refractivity contribution in [2.24, 2.45) is 5.41 Å². The third kappa shape index (κ3) is 2.61. The third-order valence-corrected chi connectivity index (χ3v) is 1.46. The lowest BCUT2D eigenvalue weighted by Crippen LogP contribution is -2.26. The lowest BCUT2D eigenvalue weighted by molar-refractivity contribution is -0.127. The average molecular weight is 130 g/mol. The first kappa shape index (κ1) is 8.63. The molecule has 9 heavy (non-hydrogen) atoms. The van der Waals surface area contributed by atoms with Gasteiger partial charge in [0, 0.05) is 12.5 Å². The fourth-order valence-corrected chi connectivity index (χ4v) is 0.462. The molecule has 0 aromatic rings. The van der Waals surface area contributed by atoms with Crippen LogP contribution in [0.4, 0.5) is 0 Å². The van der Waals surface area contributed by atoms with E-state index in [0.29, 0.717) is 6.61 Å². The van der Waals surface area contributed by atoms with Gasteiger partial charge in [0.1, 0.15) is 5.78 Å². The summed E-state index contributed by atoms with van der Waals surface area (Å²) >= 11 is 0. The SMILES string of the molecule is COCC(C)(C)C(C)=O. The molecule has 2 nitrogen and oxygen atoms in total. The van der Waals surface area contributed by atoms with Gasteiger partial charge < -0.3 is 4.74 Å². The number of hydrogen-bond acceptors (Lipinski definition) is 2. The van der Waals surface area contributed by atoms with E-state index in [1.165, 1.54) is 0 Å². The van der Waals surface area contributed by atoms with Crippen LogP contribution in [0.1, 0.15) is 20.8 Å². The lowest BCUT2D eigenvalue weighted by Gasteiger charge is -2.18. The van der Waals surface area contributed by atoms with E-state index >= 15 is 0 Å². The van der Waals surface area contributed by atoms with Crippen molar-refractivity contribution < 1.29 is 9.53 Å². The van der Waals surface area contributed by atoms with E-state index in [9.17, 15) is 4.79 Å². The van der Waals surface area contributed by atoms with Gasteiger partial charge >= 0.3 is 0 Å². The highest BCUT2D eigenvalue weighted by molar-refractivity contribution is 5.81. The molecule has 0 aromatic carbocycles. The van der Waals surface area contributed by atoms with Crippen LogP contribution in [0.2, 0.25) is 0 Å². The van der Waals surface area contributed by atoms with Gasteiger partial charge in [0.2, 0.25) is 0 Å². The molecule has 0 N–H and O–H groups in total. The fraction of sp³-hybridized carbons (Fsp3) is 0.857. The van der Waals surface area contributed by atoms with Crippen molar-refractivity contribution in [2.45, 2.75) is 20.8 Å². The van der Waals surface area contributed by atoms with Crippen molar-refractivity contribution in [1.29, 1.82) is 0 Å². The first-order valence-electron chi connectivity index (χ1n) is 3.00. The molecular formula is C7H14O2. The molecule has 0 spiro atoms. The molecule has 0 rings (SSSR count). The van der Waals surface area contributed by atoms with Crippen molar-refractivity contribution in [2.75, 3.05) is 13.7 Å². The molecule has 0 aliphatic heterocycles. The van der Waals surface area contributed by atoms with Gasteiger partial charge in [-0.2, -0.15) is 0 Å². The van der Waals surface area contributed by atoms with Gasteiger partial charge in [-0.05, 0) is 6.92 Å². The Morgan fingerprint density at radius 1 is 1.56 bits per heavy atom. The van der Waals surface area contributed by atoms with E-state index in [4.69, 9.17) is 4.74 Å². The summed E-state index contributed by atoms with van der Waals surface area (Å²) in [6.45, 7) is 5.83. The predicted molar refractivity (Wildman–Crippen MR) is 36.3 cm³/mol. The third-order valence-electron chi connectivity index (χ3n) is 1.46. The number of hydrogen-bond donors (Lipinski definition) is 0. The van der Waals surface area contributed by atoms with Crippen molar-refractivity contribution in [3.8, 4) is 0 Å². The highest BCUT2D eigenvalue weighted by Gasteiger charge is 2.22. The lowest BCUT2D eigenvalue weighted by atomic mass is 9.90. The van der Waals surface area contributed by atoms with Gasteiger partial charge in [0.05, 0.1) is 6.61 Å². The normalized spacial score (nSPS) is 11.6. The summed E-state index contributed by atoms with van der Waals surface area (Å²) in [7, 11) is 1.60. The topological polar surface area (TPSA) is 26.3 Å². The molecule has 0 radical (unpaired) electrons. The molecule has 0 saturated carbocycles. The van der Waals surface area contributed by atoms with Crippen molar-refractivity contribution in [3.63, 3.8) is 0 Å². The summed E-state index contributed by atoms with van der Waals surface area (Å²) in [6.07, 6.45) is 0. The van der Waals surface area contributed by atoms with E-state index < -0.39 is 0 Å². The second-order valence-electron chi connectivity index (χ2n) is 2.87. The molecule has 0 heterocycles. The summed E-state index contributed by atoms with van der Waals surface area (Å²) in [5.74, 6) is 0.171. The summed E-state index contributed by atoms with van der Waals surface area (Å²) in [5.41, 5.74) is -0.311. The number of ether oxygens (including phenoxy) is 1. The molecule has 0 fully saturated rings. The first-order valence-corrected chi connectivity index (χ1v) is 3.00. The van der Waals surface area contributed by atoms with Gasteiger partial charge in [0.15, 0.2) is 0 Å². The van der Waals surface area contributed by atoms with Crippen molar-refractivity contribution in [3.05, 3.63) is 0 Å². The monoisotopic (exact) mass is 130 g/mol. The van der Waals surface area contributed by atoms with Gasteiger partial charge in [-0.1, -0.05) is 13.8 Å². The van der Waals surface area contributed by atoms with Gasteiger partial charge in [-0.15, -0.1) is 0 Å². The molecule has 0 unspecified atom stereocenters. The maximum Gasteiger partial charge on any atom is 0.137 e. The van der Waals surface area contributed by atoms with E-state index in [1.54, 1.807) is 14.0 Å². The van der Waals surface area contributed by atoms with Gasteiger partial charge in [0.25, 0.3) is 0 Å². The standard InChI is InChI=1S/C7H14O2/c1-6(8)7(2,3)5-9-4/h5H2,1-4H3. The van der Waals surface area contributed by atoms with E-state index in [0.717, 1.165) is 0 Å². The molecule has 2 heteroatoms. The fourth-order valence-electron chi connectivity index (χ4n) is 0.462. The maximum atomic E-state index is 10.8. The zero-order valence-electron chi connectivity index (χ0n) is 6.52. The molecule has 0 aliphatic rings. The Kier molecular flexibility index (Phi) is 2.85. The number of Topliss-reactive ketones (excluding diaryl/α,β-unsaturated/α-hetero) is 1. The van der Waals surface area contributed by atoms with Crippen LogP contribution in [-0.4, -0.2) is 19.5 Å². The molecule has 0 amide bonds. The molecule has 0 atom stereocenters. The predicted octanol–water partition coefficient (Wildman–Crippen LogP) is 1.25. The molecule has 0 aromatic heterocycles. The molecule has 0 saturated heterocycles. The first-order chi connectivity index (χ1) is 4.00. The Morgan fingerprint density at radius 3 is 2.11 bits per heavy atom. The summed E-state index contributed by atoms with van der Waals surface area (Å²) in [5, 5.41) is 0. The molecular weight excluding hydrogens is 116 g/mol. The minimum atomic E-state index is -0.311. The second-order valence-corrected chi connectivity index (χ2v) is 2.87. The smallest absolute Gasteiger partial charge is 0.137 e. The molecule has 0 aliphatic carbocycles. The van der Waals surface area contributed by atoms with Gasteiger partial charge in [-0.3, -0.25) is 4.79 Å². The Bertz CT molecular complexity index is 105. The minimum Gasteiger partial charge on any atom is -0.384 e. The highest BCUT2D eigenvalue weighted by atomic mass is 16.5. The van der Waals surface area contributed by atoms with Crippen LogP contribution in [0.5, 0.6) is 0 Å². The number of carbonyl (C=O) groups excluding carboxylic acids is 1. The Balaban J connectivity index is 3.85. The van der Waals surface area contributed by atoms with Crippen LogP contribution in [-0.2, 0) is 9.53 Å². The summed E-state index contributed by atoms with van der Waals surface area (Å²) in [4.78, 5) is 10.8. The van der Waals surface area contributed by atoms with Crippen LogP contribution in [0.15, 0.2) is 0 Å². The number of ketones is 1. The van der Waals surface area contributed by atoms with Gasteiger partial charge in [-0.25, -0.2) is 0 Å². The van der Waals surface area contributed by atoms with Crippen LogP contribution in [0.3, 0.4) is 0 Å². The van der Waals surface area contributed by atoms with E-state index in [-0.39, 0.29) is 11.2 Å². The zero-order chi connectivity index (χ0) is 7.49. The maximum absolute atomic E-state index is 10.8. The average Bonchev–Trinajstić information content (AvgIpc) is 1.65.